The largest absolute Gasteiger partial charge is 0.497 e. The average Bonchev–Trinajstić information content (AvgIpc) is 2.72. The summed E-state index contributed by atoms with van der Waals surface area (Å²) in [5.74, 6) is -0.560. The number of nitrogens with two attached hydrogens (primary N) is 1. The van der Waals surface area contributed by atoms with E-state index in [0.717, 1.165) is 4.90 Å². The molecule has 7 heteroatoms. The van der Waals surface area contributed by atoms with Crippen LogP contribution in [0.3, 0.4) is 0 Å². The lowest BCUT2D eigenvalue weighted by Crippen LogP contribution is -2.44. The number of ether oxygens (including phenoxy) is 1. The minimum absolute atomic E-state index is 0.360. The summed E-state index contributed by atoms with van der Waals surface area (Å²) in [5.41, 5.74) is 4.54. The van der Waals surface area contributed by atoms with E-state index in [-0.39, 0.29) is 0 Å². The van der Waals surface area contributed by atoms with Gasteiger partial charge in [-0.3, -0.25) is 14.5 Å². The zero-order chi connectivity index (χ0) is 15.6. The molecule has 112 valence electrons. The first-order chi connectivity index (χ1) is 9.94. The van der Waals surface area contributed by atoms with E-state index >= 15 is 0 Å². The van der Waals surface area contributed by atoms with Crippen LogP contribution in [-0.2, 0) is 15.1 Å². The number of primary amides is 1. The number of rotatable bonds is 5. The van der Waals surface area contributed by atoms with E-state index < -0.39 is 29.9 Å². The smallest absolute Gasteiger partial charge is 0.325 e. The number of urea groups is 1. The number of amides is 4. The maximum atomic E-state index is 12.6. The zero-order valence-corrected chi connectivity index (χ0v) is 11.9. The Labute approximate surface area is 122 Å². The molecule has 4 amide bonds. The van der Waals surface area contributed by atoms with Gasteiger partial charge in [0.15, 0.2) is 0 Å². The second-order valence-corrected chi connectivity index (χ2v) is 4.78. The lowest BCUT2D eigenvalue weighted by atomic mass is 9.87. The van der Waals surface area contributed by atoms with Crippen molar-refractivity contribution in [2.75, 3.05) is 13.7 Å². The predicted octanol–water partition coefficient (Wildman–Crippen LogP) is 0.338. The van der Waals surface area contributed by atoms with Crippen molar-refractivity contribution in [1.82, 2.24) is 10.2 Å². The van der Waals surface area contributed by atoms with E-state index in [4.69, 9.17) is 10.5 Å². The molecule has 21 heavy (non-hydrogen) atoms. The number of methoxy groups -OCH3 is 1. The first-order valence-electron chi connectivity index (χ1n) is 6.51. The Morgan fingerprint density at radius 1 is 1.33 bits per heavy atom. The monoisotopic (exact) mass is 291 g/mol. The highest BCUT2D eigenvalue weighted by Gasteiger charge is 2.51. The number of imide groups is 1. The Hall–Kier alpha value is -2.57. The fourth-order valence-electron chi connectivity index (χ4n) is 2.44. The molecule has 0 spiro atoms. The SMILES string of the molecule is CCC1(c2ccc(OC)cc2)NC(=O)N(CC(N)=O)C1=O. The summed E-state index contributed by atoms with van der Waals surface area (Å²) < 4.78 is 5.08. The zero-order valence-electron chi connectivity index (χ0n) is 11.9. The highest BCUT2D eigenvalue weighted by Crippen LogP contribution is 2.33. The van der Waals surface area contributed by atoms with Gasteiger partial charge < -0.3 is 15.8 Å². The van der Waals surface area contributed by atoms with E-state index in [2.05, 4.69) is 5.32 Å². The highest BCUT2D eigenvalue weighted by molar-refractivity contribution is 6.09. The van der Waals surface area contributed by atoms with Crippen LogP contribution >= 0.6 is 0 Å². The Morgan fingerprint density at radius 3 is 2.43 bits per heavy atom. The minimum atomic E-state index is -1.17. The van der Waals surface area contributed by atoms with Gasteiger partial charge in [-0.1, -0.05) is 19.1 Å². The number of benzene rings is 1. The maximum absolute atomic E-state index is 12.6. The van der Waals surface area contributed by atoms with Gasteiger partial charge in [0.25, 0.3) is 5.91 Å². The van der Waals surface area contributed by atoms with E-state index in [1.165, 1.54) is 0 Å². The van der Waals surface area contributed by atoms with Gasteiger partial charge in [-0.2, -0.15) is 0 Å². The van der Waals surface area contributed by atoms with E-state index in [9.17, 15) is 14.4 Å². The van der Waals surface area contributed by atoms with Gasteiger partial charge in [-0.15, -0.1) is 0 Å². The number of hydrogen-bond acceptors (Lipinski definition) is 4. The molecule has 1 saturated heterocycles. The van der Waals surface area contributed by atoms with Crippen molar-refractivity contribution in [3.8, 4) is 5.75 Å². The Balaban J connectivity index is 2.39. The van der Waals surface area contributed by atoms with Crippen LogP contribution in [-0.4, -0.2) is 36.4 Å². The molecular weight excluding hydrogens is 274 g/mol. The molecule has 0 saturated carbocycles. The van der Waals surface area contributed by atoms with Gasteiger partial charge in [0, 0.05) is 0 Å². The second-order valence-electron chi connectivity index (χ2n) is 4.78. The number of carbonyl (C=O) groups is 3. The van der Waals surface area contributed by atoms with Crippen LogP contribution in [0.2, 0.25) is 0 Å². The Kier molecular flexibility index (Phi) is 3.84. The molecule has 1 aromatic rings. The van der Waals surface area contributed by atoms with Gasteiger partial charge in [0.2, 0.25) is 5.91 Å². The van der Waals surface area contributed by atoms with Gasteiger partial charge in [-0.25, -0.2) is 4.79 Å². The molecule has 0 aliphatic carbocycles. The second kappa shape index (κ2) is 5.43. The van der Waals surface area contributed by atoms with Crippen LogP contribution in [0.15, 0.2) is 24.3 Å². The van der Waals surface area contributed by atoms with Crippen molar-refractivity contribution in [3.05, 3.63) is 29.8 Å². The summed E-state index contributed by atoms with van der Waals surface area (Å²) >= 11 is 0. The normalized spacial score (nSPS) is 21.3. The molecule has 1 unspecified atom stereocenters. The summed E-state index contributed by atoms with van der Waals surface area (Å²) in [6, 6.07) is 6.24. The number of carbonyl (C=O) groups excluding carboxylic acids is 3. The van der Waals surface area contributed by atoms with Crippen LogP contribution < -0.4 is 15.8 Å². The quantitative estimate of drug-likeness (QED) is 0.763. The highest BCUT2D eigenvalue weighted by atomic mass is 16.5. The van der Waals surface area contributed by atoms with Crippen molar-refractivity contribution < 1.29 is 19.1 Å². The number of nitrogens with one attached hydrogen (secondary N) is 1. The van der Waals surface area contributed by atoms with Gasteiger partial charge in [0.05, 0.1) is 7.11 Å². The van der Waals surface area contributed by atoms with Crippen LogP contribution in [0.1, 0.15) is 18.9 Å². The van der Waals surface area contributed by atoms with Crippen molar-refractivity contribution in [2.45, 2.75) is 18.9 Å². The standard InChI is InChI=1S/C14H17N3O4/c1-3-14(9-4-6-10(21-2)7-5-9)12(19)17(8-11(15)18)13(20)16-14/h4-7H,3,8H2,1-2H3,(H2,15,18)(H,16,20). The third-order valence-corrected chi connectivity index (χ3v) is 3.60. The molecule has 3 N–H and O–H groups in total. The van der Waals surface area contributed by atoms with E-state index in [1.54, 1.807) is 38.3 Å². The Bertz CT molecular complexity index is 584. The van der Waals surface area contributed by atoms with Gasteiger partial charge >= 0.3 is 6.03 Å². The van der Waals surface area contributed by atoms with Crippen molar-refractivity contribution >= 4 is 17.8 Å². The first kappa shape index (κ1) is 14.8. The predicted molar refractivity (Wildman–Crippen MR) is 74.4 cm³/mol. The summed E-state index contributed by atoms with van der Waals surface area (Å²) in [5, 5.41) is 2.66. The molecule has 1 aliphatic heterocycles. The number of hydrogen-bond donors (Lipinski definition) is 2. The number of nitrogens with zero attached hydrogens (tertiary/aromatic N) is 1. The summed E-state index contributed by atoms with van der Waals surface area (Å²) in [7, 11) is 1.54. The lowest BCUT2D eigenvalue weighted by molar-refractivity contribution is -0.134. The molecular formula is C14H17N3O4. The fraction of sp³-hybridized carbons (Fsp3) is 0.357. The third-order valence-electron chi connectivity index (χ3n) is 3.60. The molecule has 1 fully saturated rings. The Morgan fingerprint density at radius 2 is 1.95 bits per heavy atom. The third kappa shape index (κ3) is 2.42. The summed E-state index contributed by atoms with van der Waals surface area (Å²) in [6.07, 6.45) is 0.360. The van der Waals surface area contributed by atoms with Crippen molar-refractivity contribution in [2.24, 2.45) is 5.73 Å². The molecule has 1 atom stereocenters. The van der Waals surface area contributed by atoms with Crippen LogP contribution in [0.5, 0.6) is 5.75 Å². The average molecular weight is 291 g/mol. The minimum Gasteiger partial charge on any atom is -0.497 e. The summed E-state index contributed by atoms with van der Waals surface area (Å²) in [4.78, 5) is 36.4. The van der Waals surface area contributed by atoms with Crippen molar-refractivity contribution in [3.63, 3.8) is 0 Å². The van der Waals surface area contributed by atoms with Crippen molar-refractivity contribution in [1.29, 1.82) is 0 Å². The summed E-state index contributed by atoms with van der Waals surface area (Å²) in [6.45, 7) is 1.36. The molecule has 7 nitrogen and oxygen atoms in total. The molecule has 1 aromatic carbocycles. The van der Waals surface area contributed by atoms with E-state index in [1.807, 2.05) is 0 Å². The molecule has 0 radical (unpaired) electrons. The first-order valence-corrected chi connectivity index (χ1v) is 6.51. The maximum Gasteiger partial charge on any atom is 0.325 e. The molecule has 2 rings (SSSR count). The fourth-order valence-corrected chi connectivity index (χ4v) is 2.44. The molecule has 1 aliphatic rings. The van der Waals surface area contributed by atoms with E-state index in [0.29, 0.717) is 17.7 Å². The van der Waals surface area contributed by atoms with Gasteiger partial charge in [0.1, 0.15) is 17.8 Å². The molecule has 0 aromatic heterocycles. The van der Waals surface area contributed by atoms with Crippen LogP contribution in [0.4, 0.5) is 4.79 Å². The lowest BCUT2D eigenvalue weighted by Gasteiger charge is -2.25. The molecule has 1 heterocycles. The van der Waals surface area contributed by atoms with Crippen LogP contribution in [0.25, 0.3) is 0 Å². The van der Waals surface area contributed by atoms with Crippen LogP contribution in [0, 0.1) is 0 Å². The topological polar surface area (TPSA) is 102 Å². The molecule has 0 bridgehead atoms. The van der Waals surface area contributed by atoms with Gasteiger partial charge in [-0.05, 0) is 24.1 Å².